The highest BCUT2D eigenvalue weighted by Gasteiger charge is 2.16. The molecule has 0 saturated carbocycles. The fourth-order valence-electron chi connectivity index (χ4n) is 6.87. The highest BCUT2D eigenvalue weighted by atomic mass is 14.9. The summed E-state index contributed by atoms with van der Waals surface area (Å²) in [5.41, 5.74) is 9.36. The second-order valence-electron chi connectivity index (χ2n) is 12.0. The summed E-state index contributed by atoms with van der Waals surface area (Å²) in [5, 5.41) is 7.53. The lowest BCUT2D eigenvalue weighted by molar-refractivity contribution is 1.18. The van der Waals surface area contributed by atoms with Crippen molar-refractivity contribution in [3.05, 3.63) is 176 Å². The Hall–Kier alpha value is -6.45. The average molecular weight is 612 g/mol. The lowest BCUT2D eigenvalue weighted by Gasteiger charge is -2.15. The number of aromatic nitrogens is 3. The standard InChI is InChI=1S/C45H29N3/c1-2-12-33(13-3-1)45-47-42(28-43(48-45)39-19-9-8-17-37(39)35-15-10-26-46-29-35)31-20-22-32(23-21-31)44-38-18-7-5-14-34(38)27-41-36-16-6-4-11-30(36)24-25-40(41)44/h1-29H. The van der Waals surface area contributed by atoms with E-state index in [1.54, 1.807) is 6.20 Å². The summed E-state index contributed by atoms with van der Waals surface area (Å²) in [6.45, 7) is 0. The molecular weight excluding hydrogens is 583 g/mol. The van der Waals surface area contributed by atoms with Gasteiger partial charge in [0.05, 0.1) is 11.4 Å². The first-order valence-electron chi connectivity index (χ1n) is 16.2. The Morgan fingerprint density at radius 2 is 1.02 bits per heavy atom. The van der Waals surface area contributed by atoms with Crippen LogP contribution in [0.25, 0.3) is 88.5 Å². The third-order valence-electron chi connectivity index (χ3n) is 9.17. The number of hydrogen-bond acceptors (Lipinski definition) is 3. The average Bonchev–Trinajstić information content (AvgIpc) is 3.17. The van der Waals surface area contributed by atoms with Gasteiger partial charge in [-0.05, 0) is 67.2 Å². The first-order chi connectivity index (χ1) is 23.8. The van der Waals surface area contributed by atoms with Crippen LogP contribution in [-0.2, 0) is 0 Å². The monoisotopic (exact) mass is 611 g/mol. The minimum absolute atomic E-state index is 0.695. The van der Waals surface area contributed by atoms with Crippen LogP contribution in [0.2, 0.25) is 0 Å². The number of rotatable bonds is 5. The Morgan fingerprint density at radius 3 is 1.83 bits per heavy atom. The molecule has 0 unspecified atom stereocenters. The van der Waals surface area contributed by atoms with Crippen molar-refractivity contribution in [3.63, 3.8) is 0 Å². The normalized spacial score (nSPS) is 11.3. The molecule has 0 atom stereocenters. The SMILES string of the molecule is c1ccc(-c2nc(-c3ccc(-c4c5ccccc5cc5c4ccc4ccccc45)cc3)cc(-c3ccccc3-c3cccnc3)n2)cc1. The summed E-state index contributed by atoms with van der Waals surface area (Å²) in [6, 6.07) is 57.8. The Bertz CT molecular complexity index is 2590. The number of fused-ring (bicyclic) bond motifs is 4. The number of hydrogen-bond donors (Lipinski definition) is 0. The van der Waals surface area contributed by atoms with Crippen molar-refractivity contribution in [2.24, 2.45) is 0 Å². The van der Waals surface area contributed by atoms with Gasteiger partial charge in [0.2, 0.25) is 0 Å². The molecule has 48 heavy (non-hydrogen) atoms. The van der Waals surface area contributed by atoms with E-state index in [1.807, 2.05) is 30.5 Å². The molecule has 3 nitrogen and oxygen atoms in total. The smallest absolute Gasteiger partial charge is 0.160 e. The van der Waals surface area contributed by atoms with Crippen molar-refractivity contribution >= 4 is 32.3 Å². The van der Waals surface area contributed by atoms with E-state index in [2.05, 4.69) is 145 Å². The predicted octanol–water partition coefficient (Wildman–Crippen LogP) is 11.7. The minimum Gasteiger partial charge on any atom is -0.264 e. The largest absolute Gasteiger partial charge is 0.264 e. The van der Waals surface area contributed by atoms with Gasteiger partial charge in [0.25, 0.3) is 0 Å². The van der Waals surface area contributed by atoms with E-state index in [0.29, 0.717) is 5.82 Å². The molecule has 0 spiro atoms. The van der Waals surface area contributed by atoms with Crippen LogP contribution in [0.3, 0.4) is 0 Å². The first kappa shape index (κ1) is 27.8. The molecule has 0 saturated heterocycles. The topological polar surface area (TPSA) is 38.7 Å². The highest BCUT2D eigenvalue weighted by Crippen LogP contribution is 2.40. The van der Waals surface area contributed by atoms with Gasteiger partial charge < -0.3 is 0 Å². The molecule has 2 aromatic heterocycles. The van der Waals surface area contributed by atoms with Gasteiger partial charge in [-0.3, -0.25) is 4.98 Å². The van der Waals surface area contributed by atoms with Gasteiger partial charge in [0.15, 0.2) is 5.82 Å². The molecule has 0 fully saturated rings. The zero-order valence-corrected chi connectivity index (χ0v) is 26.1. The molecule has 0 aliphatic carbocycles. The van der Waals surface area contributed by atoms with Gasteiger partial charge in [-0.25, -0.2) is 9.97 Å². The van der Waals surface area contributed by atoms with Crippen LogP contribution in [0.1, 0.15) is 0 Å². The second-order valence-corrected chi connectivity index (χ2v) is 12.0. The van der Waals surface area contributed by atoms with Crippen molar-refractivity contribution in [3.8, 4) is 56.2 Å². The Morgan fingerprint density at radius 1 is 0.354 bits per heavy atom. The molecule has 0 bridgehead atoms. The van der Waals surface area contributed by atoms with Crippen molar-refractivity contribution < 1.29 is 0 Å². The van der Waals surface area contributed by atoms with Crippen LogP contribution < -0.4 is 0 Å². The van der Waals surface area contributed by atoms with Gasteiger partial charge in [0.1, 0.15) is 0 Å². The molecule has 0 radical (unpaired) electrons. The van der Waals surface area contributed by atoms with Gasteiger partial charge in [-0.2, -0.15) is 0 Å². The third kappa shape index (κ3) is 4.90. The number of nitrogens with zero attached hydrogens (tertiary/aromatic N) is 3. The van der Waals surface area contributed by atoms with Crippen molar-refractivity contribution in [1.82, 2.24) is 15.0 Å². The van der Waals surface area contributed by atoms with Crippen LogP contribution >= 0.6 is 0 Å². The summed E-state index contributed by atoms with van der Waals surface area (Å²) in [5.74, 6) is 0.695. The second kappa shape index (κ2) is 11.7. The van der Waals surface area contributed by atoms with E-state index >= 15 is 0 Å². The summed E-state index contributed by atoms with van der Waals surface area (Å²) in [7, 11) is 0. The van der Waals surface area contributed by atoms with Gasteiger partial charge in [-0.15, -0.1) is 0 Å². The van der Waals surface area contributed by atoms with Gasteiger partial charge in [0, 0.05) is 34.6 Å². The van der Waals surface area contributed by atoms with E-state index in [-0.39, 0.29) is 0 Å². The molecule has 0 amide bonds. The predicted molar refractivity (Wildman–Crippen MR) is 200 cm³/mol. The van der Waals surface area contributed by atoms with Crippen LogP contribution in [0.4, 0.5) is 0 Å². The molecule has 2 heterocycles. The highest BCUT2D eigenvalue weighted by molar-refractivity contribution is 6.20. The van der Waals surface area contributed by atoms with Crippen LogP contribution in [0.5, 0.6) is 0 Å². The molecule has 224 valence electrons. The lowest BCUT2D eigenvalue weighted by Crippen LogP contribution is -1.97. The van der Waals surface area contributed by atoms with E-state index in [9.17, 15) is 0 Å². The molecule has 0 aliphatic heterocycles. The Labute approximate surface area is 278 Å². The van der Waals surface area contributed by atoms with Crippen LogP contribution in [-0.4, -0.2) is 15.0 Å². The number of pyridine rings is 1. The summed E-state index contributed by atoms with van der Waals surface area (Å²) in [4.78, 5) is 14.6. The summed E-state index contributed by atoms with van der Waals surface area (Å²) >= 11 is 0. The Kier molecular flexibility index (Phi) is 6.80. The van der Waals surface area contributed by atoms with Crippen molar-refractivity contribution in [2.45, 2.75) is 0 Å². The van der Waals surface area contributed by atoms with Gasteiger partial charge >= 0.3 is 0 Å². The molecule has 0 N–H and O–H groups in total. The van der Waals surface area contributed by atoms with E-state index in [0.717, 1.165) is 39.2 Å². The third-order valence-corrected chi connectivity index (χ3v) is 9.17. The van der Waals surface area contributed by atoms with Crippen molar-refractivity contribution in [1.29, 1.82) is 0 Å². The lowest BCUT2D eigenvalue weighted by atomic mass is 9.89. The molecule has 9 aromatic rings. The molecule has 7 aromatic carbocycles. The Balaban J connectivity index is 1.21. The quantitative estimate of drug-likeness (QED) is 0.144. The first-order valence-corrected chi connectivity index (χ1v) is 16.2. The molecule has 9 rings (SSSR count). The fraction of sp³-hybridized carbons (Fsp3) is 0. The molecule has 0 aliphatic rings. The minimum atomic E-state index is 0.695. The zero-order valence-electron chi connectivity index (χ0n) is 26.1. The maximum Gasteiger partial charge on any atom is 0.160 e. The van der Waals surface area contributed by atoms with Crippen LogP contribution in [0.15, 0.2) is 176 Å². The maximum atomic E-state index is 5.11. The van der Waals surface area contributed by atoms with Gasteiger partial charge in [-0.1, -0.05) is 146 Å². The number of benzene rings is 7. The van der Waals surface area contributed by atoms with E-state index < -0.39 is 0 Å². The van der Waals surface area contributed by atoms with E-state index in [1.165, 1.54) is 43.4 Å². The summed E-state index contributed by atoms with van der Waals surface area (Å²) < 4.78 is 0. The van der Waals surface area contributed by atoms with Crippen molar-refractivity contribution in [2.75, 3.05) is 0 Å². The molecule has 3 heteroatoms. The summed E-state index contributed by atoms with van der Waals surface area (Å²) in [6.07, 6.45) is 3.70. The fourth-order valence-corrected chi connectivity index (χ4v) is 6.87. The zero-order chi connectivity index (χ0) is 31.9. The molecular formula is C45H29N3. The van der Waals surface area contributed by atoms with E-state index in [4.69, 9.17) is 9.97 Å². The van der Waals surface area contributed by atoms with Crippen LogP contribution in [0, 0.1) is 0 Å². The maximum absolute atomic E-state index is 5.11.